The highest BCUT2D eigenvalue weighted by atomic mass is 16.5. The third-order valence-corrected chi connectivity index (χ3v) is 3.84. The van der Waals surface area contributed by atoms with Crippen molar-refractivity contribution in [3.8, 4) is 0 Å². The van der Waals surface area contributed by atoms with Gasteiger partial charge in [-0.05, 0) is 31.0 Å². The van der Waals surface area contributed by atoms with Crippen LogP contribution in [0.3, 0.4) is 0 Å². The molecule has 1 fully saturated rings. The Morgan fingerprint density at radius 2 is 1.68 bits per heavy atom. The number of rotatable bonds is 6. The van der Waals surface area contributed by atoms with Gasteiger partial charge in [0, 0.05) is 45.0 Å². The van der Waals surface area contributed by atoms with E-state index in [0.29, 0.717) is 0 Å². The summed E-state index contributed by atoms with van der Waals surface area (Å²) in [5.74, 6) is 0. The molecule has 0 aromatic heterocycles. The summed E-state index contributed by atoms with van der Waals surface area (Å²) < 4.78 is 5.42. The highest BCUT2D eigenvalue weighted by Crippen LogP contribution is 2.17. The highest BCUT2D eigenvalue weighted by molar-refractivity contribution is 5.48. The molecule has 0 saturated carbocycles. The summed E-state index contributed by atoms with van der Waals surface area (Å²) in [5.41, 5.74) is 2.78. The Labute approximate surface area is 117 Å². The highest BCUT2D eigenvalue weighted by Gasteiger charge is 2.16. The second kappa shape index (κ2) is 7.51. The van der Waals surface area contributed by atoms with E-state index in [1.165, 1.54) is 11.3 Å². The number of anilines is 1. The van der Waals surface area contributed by atoms with Gasteiger partial charge in [0.25, 0.3) is 0 Å². The monoisotopic (exact) mass is 262 g/mol. The quantitative estimate of drug-likeness (QED) is 0.732. The topological polar surface area (TPSA) is 15.7 Å². The average molecular weight is 262 g/mol. The maximum absolute atomic E-state index is 5.42. The normalized spacial score (nSPS) is 16.8. The van der Waals surface area contributed by atoms with Crippen molar-refractivity contribution >= 4 is 5.69 Å². The Morgan fingerprint density at radius 1 is 1.00 bits per heavy atom. The van der Waals surface area contributed by atoms with Gasteiger partial charge < -0.3 is 9.64 Å². The van der Waals surface area contributed by atoms with Crippen LogP contribution in [0.15, 0.2) is 24.3 Å². The van der Waals surface area contributed by atoms with Crippen molar-refractivity contribution in [1.82, 2.24) is 4.90 Å². The Morgan fingerprint density at radius 3 is 2.26 bits per heavy atom. The Kier molecular flexibility index (Phi) is 5.67. The van der Waals surface area contributed by atoms with E-state index in [-0.39, 0.29) is 0 Å². The fourth-order valence-corrected chi connectivity index (χ4v) is 2.51. The summed E-state index contributed by atoms with van der Waals surface area (Å²) in [6, 6.07) is 9.01. The SMILES string of the molecule is CCOCCN1CCN(c2ccc(CC)cc2)CC1. The van der Waals surface area contributed by atoms with E-state index in [9.17, 15) is 0 Å². The lowest BCUT2D eigenvalue weighted by Gasteiger charge is -2.36. The molecule has 3 heteroatoms. The molecule has 0 unspecified atom stereocenters. The van der Waals surface area contributed by atoms with Gasteiger partial charge in [0.15, 0.2) is 0 Å². The summed E-state index contributed by atoms with van der Waals surface area (Å²) >= 11 is 0. The van der Waals surface area contributed by atoms with Gasteiger partial charge in [0.05, 0.1) is 6.61 Å². The van der Waals surface area contributed by atoms with Crippen molar-refractivity contribution in [3.63, 3.8) is 0 Å². The summed E-state index contributed by atoms with van der Waals surface area (Å²) in [5, 5.41) is 0. The van der Waals surface area contributed by atoms with Crippen LogP contribution in [-0.4, -0.2) is 50.8 Å². The molecule has 106 valence electrons. The molecule has 3 nitrogen and oxygen atoms in total. The molecule has 0 aliphatic carbocycles. The van der Waals surface area contributed by atoms with Crippen molar-refractivity contribution in [3.05, 3.63) is 29.8 Å². The second-order valence-corrected chi connectivity index (χ2v) is 5.05. The van der Waals surface area contributed by atoms with E-state index in [4.69, 9.17) is 4.74 Å². The van der Waals surface area contributed by atoms with Crippen LogP contribution in [0.5, 0.6) is 0 Å². The van der Waals surface area contributed by atoms with Crippen molar-refractivity contribution in [1.29, 1.82) is 0 Å². The number of hydrogen-bond donors (Lipinski definition) is 0. The first-order valence-electron chi connectivity index (χ1n) is 7.47. The van der Waals surface area contributed by atoms with Crippen LogP contribution < -0.4 is 4.90 Å². The first kappa shape index (κ1) is 14.4. The number of nitrogens with zero attached hydrogens (tertiary/aromatic N) is 2. The lowest BCUT2D eigenvalue weighted by Crippen LogP contribution is -2.47. The predicted octanol–water partition coefficient (Wildman–Crippen LogP) is 2.41. The molecular weight excluding hydrogens is 236 g/mol. The maximum atomic E-state index is 5.42. The van der Waals surface area contributed by atoms with Gasteiger partial charge in [-0.1, -0.05) is 19.1 Å². The number of aryl methyl sites for hydroxylation is 1. The lowest BCUT2D eigenvalue weighted by atomic mass is 10.1. The molecule has 19 heavy (non-hydrogen) atoms. The van der Waals surface area contributed by atoms with Crippen LogP contribution in [0.2, 0.25) is 0 Å². The average Bonchev–Trinajstić information content (AvgIpc) is 2.48. The van der Waals surface area contributed by atoms with Gasteiger partial charge in [-0.3, -0.25) is 4.90 Å². The van der Waals surface area contributed by atoms with Crippen molar-refractivity contribution in [2.75, 3.05) is 50.8 Å². The molecule has 0 amide bonds. The van der Waals surface area contributed by atoms with E-state index in [1.54, 1.807) is 0 Å². The zero-order chi connectivity index (χ0) is 13.5. The van der Waals surface area contributed by atoms with Crippen LogP contribution in [0.25, 0.3) is 0 Å². The summed E-state index contributed by atoms with van der Waals surface area (Å²) in [7, 11) is 0. The first-order chi connectivity index (χ1) is 9.33. The Balaban J connectivity index is 1.78. The van der Waals surface area contributed by atoms with Gasteiger partial charge in [-0.15, -0.1) is 0 Å². The van der Waals surface area contributed by atoms with Gasteiger partial charge >= 0.3 is 0 Å². The molecule has 2 rings (SSSR count). The van der Waals surface area contributed by atoms with Crippen LogP contribution in [0, 0.1) is 0 Å². The Bertz CT molecular complexity index is 356. The van der Waals surface area contributed by atoms with E-state index >= 15 is 0 Å². The second-order valence-electron chi connectivity index (χ2n) is 5.05. The minimum atomic E-state index is 0.823. The molecular formula is C16H26N2O. The van der Waals surface area contributed by atoms with Gasteiger partial charge in [0.1, 0.15) is 0 Å². The first-order valence-corrected chi connectivity index (χ1v) is 7.47. The predicted molar refractivity (Wildman–Crippen MR) is 81.0 cm³/mol. The molecule has 1 saturated heterocycles. The largest absolute Gasteiger partial charge is 0.380 e. The summed E-state index contributed by atoms with van der Waals surface area (Å²) in [6.45, 7) is 11.5. The fraction of sp³-hybridized carbons (Fsp3) is 0.625. The van der Waals surface area contributed by atoms with Crippen LogP contribution >= 0.6 is 0 Å². The number of hydrogen-bond acceptors (Lipinski definition) is 3. The molecule has 1 aromatic rings. The minimum Gasteiger partial charge on any atom is -0.380 e. The summed E-state index contributed by atoms with van der Waals surface area (Å²) in [6.07, 6.45) is 1.12. The molecule has 0 atom stereocenters. The third-order valence-electron chi connectivity index (χ3n) is 3.84. The molecule has 0 spiro atoms. The fourth-order valence-electron chi connectivity index (χ4n) is 2.51. The van der Waals surface area contributed by atoms with E-state index in [0.717, 1.165) is 52.4 Å². The molecule has 1 heterocycles. The van der Waals surface area contributed by atoms with E-state index < -0.39 is 0 Å². The van der Waals surface area contributed by atoms with E-state index in [2.05, 4.69) is 47.9 Å². The van der Waals surface area contributed by atoms with Crippen molar-refractivity contribution in [2.45, 2.75) is 20.3 Å². The molecule has 1 aliphatic rings. The molecule has 1 aliphatic heterocycles. The van der Waals surface area contributed by atoms with Gasteiger partial charge in [-0.25, -0.2) is 0 Å². The summed E-state index contributed by atoms with van der Waals surface area (Å²) in [4.78, 5) is 4.98. The minimum absolute atomic E-state index is 0.823. The molecule has 0 radical (unpaired) electrons. The molecule has 0 bridgehead atoms. The third kappa shape index (κ3) is 4.22. The van der Waals surface area contributed by atoms with Crippen LogP contribution in [0.1, 0.15) is 19.4 Å². The van der Waals surface area contributed by atoms with Gasteiger partial charge in [-0.2, -0.15) is 0 Å². The Hall–Kier alpha value is -1.06. The number of piperazine rings is 1. The standard InChI is InChI=1S/C16H26N2O/c1-3-15-5-7-16(8-6-15)18-11-9-17(10-12-18)13-14-19-4-2/h5-8H,3-4,9-14H2,1-2H3. The zero-order valence-electron chi connectivity index (χ0n) is 12.3. The van der Waals surface area contributed by atoms with Gasteiger partial charge in [0.2, 0.25) is 0 Å². The number of ether oxygens (including phenoxy) is 1. The van der Waals surface area contributed by atoms with Crippen molar-refractivity contribution < 1.29 is 4.74 Å². The lowest BCUT2D eigenvalue weighted by molar-refractivity contribution is 0.111. The smallest absolute Gasteiger partial charge is 0.0593 e. The van der Waals surface area contributed by atoms with Crippen LogP contribution in [-0.2, 0) is 11.2 Å². The van der Waals surface area contributed by atoms with Crippen LogP contribution in [0.4, 0.5) is 5.69 Å². The van der Waals surface area contributed by atoms with E-state index in [1.807, 2.05) is 0 Å². The molecule has 1 aromatic carbocycles. The zero-order valence-corrected chi connectivity index (χ0v) is 12.3. The number of benzene rings is 1. The maximum Gasteiger partial charge on any atom is 0.0593 e. The molecule has 0 N–H and O–H groups in total. The van der Waals surface area contributed by atoms with Crippen molar-refractivity contribution in [2.24, 2.45) is 0 Å².